The molecule has 0 atom stereocenters. The number of hydrogen-bond acceptors (Lipinski definition) is 10. The van der Waals surface area contributed by atoms with Crippen molar-refractivity contribution in [3.8, 4) is 0 Å². The summed E-state index contributed by atoms with van der Waals surface area (Å²) in [4.78, 5) is 45.9. The third kappa shape index (κ3) is 11.3. The number of nitrogens with zero attached hydrogens (tertiary/aromatic N) is 6. The minimum Gasteiger partial charge on any atom is -0.362 e. The van der Waals surface area contributed by atoms with Crippen LogP contribution >= 0.6 is 0 Å². The van der Waals surface area contributed by atoms with E-state index >= 15 is 0 Å². The number of fused-ring (bicyclic) bond motifs is 2. The Kier molecular flexibility index (Phi) is 14.3. The van der Waals surface area contributed by atoms with Crippen LogP contribution in [0.5, 0.6) is 0 Å². The molecule has 4 aromatic rings. The number of nitrogens with one attached hydrogen (secondary N) is 2. The Labute approximate surface area is 357 Å². The molecule has 8 rings (SSSR count). The number of allylic oxidation sites excluding steroid dienone is 2. The Morgan fingerprint density at radius 1 is 0.597 bits per heavy atom. The highest BCUT2D eigenvalue weighted by molar-refractivity contribution is 5.93. The number of ketones is 2. The molecule has 2 N–H and O–H groups in total. The quantitative estimate of drug-likeness (QED) is 0.0939. The molecule has 62 heavy (non-hydrogen) atoms. The molecule has 10 nitrogen and oxygen atoms in total. The molecule has 16 heteroatoms. The Bertz CT molecular complexity index is 2050. The number of anilines is 2. The van der Waals surface area contributed by atoms with Gasteiger partial charge in [-0.3, -0.25) is 19.4 Å². The molecular weight excluding hydrogens is 811 g/mol. The van der Waals surface area contributed by atoms with Crippen LogP contribution < -0.4 is 10.6 Å². The smallest absolute Gasteiger partial charge is 0.362 e. The SMILES string of the molecule is C=CC1CCC(N2CC(CC(=O)CNc3ncnc4ccc(C(F)(F)F)cc34)C2)CC1.C=CC1CCC(N2CC(CC(=O)CNc3ncnc4ccc(C(F)(F)F)cc34)C2)CC1. The summed E-state index contributed by atoms with van der Waals surface area (Å²) in [6, 6.07) is 7.91. The fourth-order valence-corrected chi connectivity index (χ4v) is 9.38. The predicted molar refractivity (Wildman–Crippen MR) is 227 cm³/mol. The van der Waals surface area contributed by atoms with E-state index in [1.165, 1.54) is 76.2 Å². The first-order chi connectivity index (χ1) is 29.7. The van der Waals surface area contributed by atoms with Crippen molar-refractivity contribution in [1.82, 2.24) is 29.7 Å². The van der Waals surface area contributed by atoms with Crippen LogP contribution in [0.25, 0.3) is 21.8 Å². The zero-order valence-corrected chi connectivity index (χ0v) is 34.7. The number of likely N-dealkylation sites (tertiary alicyclic amines) is 2. The van der Waals surface area contributed by atoms with Gasteiger partial charge in [0.25, 0.3) is 0 Å². The van der Waals surface area contributed by atoms with Gasteiger partial charge in [0.1, 0.15) is 24.3 Å². The molecule has 4 heterocycles. The number of rotatable bonds is 14. The lowest BCUT2D eigenvalue weighted by molar-refractivity contribution is -0.138. The largest absolute Gasteiger partial charge is 0.416 e. The van der Waals surface area contributed by atoms with Gasteiger partial charge in [-0.05, 0) is 111 Å². The molecular formula is C46H54F6N8O2. The number of Topliss-reactive ketones (excluding diaryl/α,β-unsaturated/α-hetero) is 2. The van der Waals surface area contributed by atoms with Crippen molar-refractivity contribution in [2.45, 2.75) is 88.6 Å². The third-order valence-corrected chi connectivity index (χ3v) is 13.0. The van der Waals surface area contributed by atoms with Gasteiger partial charge >= 0.3 is 12.4 Å². The molecule has 0 unspecified atom stereocenters. The second kappa shape index (κ2) is 19.6. The van der Waals surface area contributed by atoms with Crippen LogP contribution in [-0.4, -0.2) is 92.7 Å². The molecule has 0 amide bonds. The van der Waals surface area contributed by atoms with Crippen molar-refractivity contribution in [3.63, 3.8) is 0 Å². The lowest BCUT2D eigenvalue weighted by Crippen LogP contribution is -2.53. The van der Waals surface area contributed by atoms with Crippen molar-refractivity contribution in [2.24, 2.45) is 23.7 Å². The highest BCUT2D eigenvalue weighted by atomic mass is 19.4. The van der Waals surface area contributed by atoms with Crippen LogP contribution in [0.2, 0.25) is 0 Å². The highest BCUT2D eigenvalue weighted by Gasteiger charge is 2.37. The van der Waals surface area contributed by atoms with E-state index in [4.69, 9.17) is 0 Å². The van der Waals surface area contributed by atoms with E-state index in [1.807, 2.05) is 0 Å². The van der Waals surface area contributed by atoms with E-state index in [9.17, 15) is 35.9 Å². The summed E-state index contributed by atoms with van der Waals surface area (Å²) in [6.45, 7) is 11.6. The molecule has 0 bridgehead atoms. The topological polar surface area (TPSA) is 116 Å². The minimum absolute atomic E-state index is 0.0405. The first-order valence-electron chi connectivity index (χ1n) is 21.5. The lowest BCUT2D eigenvalue weighted by atomic mass is 9.82. The number of carbonyl (C=O) groups is 2. The number of aromatic nitrogens is 4. The number of hydrogen-bond donors (Lipinski definition) is 2. The highest BCUT2D eigenvalue weighted by Crippen LogP contribution is 2.36. The Morgan fingerprint density at radius 2 is 0.968 bits per heavy atom. The van der Waals surface area contributed by atoms with Crippen LogP contribution in [0.4, 0.5) is 38.0 Å². The number of carbonyl (C=O) groups excluding carboxylic acids is 2. The number of alkyl halides is 6. The Balaban J connectivity index is 0.000000186. The minimum atomic E-state index is -4.45. The van der Waals surface area contributed by atoms with Crippen LogP contribution in [-0.2, 0) is 21.9 Å². The van der Waals surface area contributed by atoms with Gasteiger partial charge in [0, 0.05) is 61.9 Å². The molecule has 2 aliphatic carbocycles. The lowest BCUT2D eigenvalue weighted by Gasteiger charge is -2.46. The molecule has 2 aliphatic heterocycles. The molecule has 0 spiro atoms. The Morgan fingerprint density at radius 3 is 1.31 bits per heavy atom. The fourth-order valence-electron chi connectivity index (χ4n) is 9.38. The normalized spacial score (nSPS) is 22.8. The van der Waals surface area contributed by atoms with Gasteiger partial charge in [0.05, 0.1) is 35.2 Å². The summed E-state index contributed by atoms with van der Waals surface area (Å²) in [5.41, 5.74) is -0.723. The summed E-state index contributed by atoms with van der Waals surface area (Å²) in [5.74, 6) is 2.57. The maximum absolute atomic E-state index is 13.0. The van der Waals surface area contributed by atoms with E-state index < -0.39 is 23.5 Å². The number of benzene rings is 2. The van der Waals surface area contributed by atoms with Gasteiger partial charge in [-0.25, -0.2) is 19.9 Å². The maximum atomic E-state index is 13.0. The average molecular weight is 865 g/mol. The van der Waals surface area contributed by atoms with E-state index in [2.05, 4.69) is 65.7 Å². The van der Waals surface area contributed by atoms with Gasteiger partial charge < -0.3 is 10.6 Å². The van der Waals surface area contributed by atoms with Crippen molar-refractivity contribution in [1.29, 1.82) is 0 Å². The summed E-state index contributed by atoms with van der Waals surface area (Å²) >= 11 is 0. The van der Waals surface area contributed by atoms with Crippen molar-refractivity contribution in [3.05, 3.63) is 85.5 Å². The molecule has 4 aliphatic rings. The van der Waals surface area contributed by atoms with Gasteiger partial charge in [0.2, 0.25) is 0 Å². The molecule has 2 aromatic heterocycles. The molecule has 2 saturated carbocycles. The van der Waals surface area contributed by atoms with E-state index in [1.54, 1.807) is 0 Å². The van der Waals surface area contributed by atoms with Crippen molar-refractivity contribution >= 4 is 45.0 Å². The van der Waals surface area contributed by atoms with Crippen LogP contribution in [0.1, 0.15) is 75.3 Å². The molecule has 2 saturated heterocycles. The van der Waals surface area contributed by atoms with E-state index in [-0.39, 0.29) is 47.1 Å². The van der Waals surface area contributed by atoms with Crippen LogP contribution in [0.15, 0.2) is 74.4 Å². The fraction of sp³-hybridized carbons (Fsp3) is 0.522. The van der Waals surface area contributed by atoms with Gasteiger partial charge in [0.15, 0.2) is 11.6 Å². The zero-order valence-electron chi connectivity index (χ0n) is 34.7. The third-order valence-electron chi connectivity index (χ3n) is 13.0. The van der Waals surface area contributed by atoms with Gasteiger partial charge in [-0.1, -0.05) is 12.2 Å². The monoisotopic (exact) mass is 864 g/mol. The molecule has 332 valence electrons. The van der Waals surface area contributed by atoms with Crippen molar-refractivity contribution < 1.29 is 35.9 Å². The standard InChI is InChI=1S/2C23H27F3N4O/c2*1-2-15-3-6-18(7-4-15)30-12-16(13-30)9-19(31)11-27-22-20-10-17(23(24,25)26)5-8-21(20)28-14-29-22/h2*2,5,8,10,14-16,18H,1,3-4,6-7,9,11-13H2,(H,27,28,29). The summed E-state index contributed by atoms with van der Waals surface area (Å²) in [5, 5.41) is 6.35. The summed E-state index contributed by atoms with van der Waals surface area (Å²) in [6.07, 6.45) is 8.31. The second-order valence-corrected chi connectivity index (χ2v) is 17.3. The second-order valence-electron chi connectivity index (χ2n) is 17.3. The summed E-state index contributed by atoms with van der Waals surface area (Å²) in [7, 11) is 0. The van der Waals surface area contributed by atoms with Gasteiger partial charge in [-0.15, -0.1) is 13.2 Å². The van der Waals surface area contributed by atoms with E-state index in [0.29, 0.717) is 59.6 Å². The van der Waals surface area contributed by atoms with Crippen molar-refractivity contribution in [2.75, 3.05) is 49.9 Å². The Hall–Kier alpha value is -4.96. The summed E-state index contributed by atoms with van der Waals surface area (Å²) < 4.78 is 78.2. The van der Waals surface area contributed by atoms with Gasteiger partial charge in [-0.2, -0.15) is 26.3 Å². The van der Waals surface area contributed by atoms with Crippen LogP contribution in [0.3, 0.4) is 0 Å². The molecule has 2 aromatic carbocycles. The molecule has 0 radical (unpaired) electrons. The maximum Gasteiger partial charge on any atom is 0.416 e. The van der Waals surface area contributed by atoms with E-state index in [0.717, 1.165) is 50.4 Å². The zero-order chi connectivity index (χ0) is 44.0. The first kappa shape index (κ1) is 45.1. The first-order valence-corrected chi connectivity index (χ1v) is 21.5. The molecule has 4 fully saturated rings. The number of halogens is 6. The van der Waals surface area contributed by atoms with Crippen LogP contribution in [0, 0.1) is 23.7 Å². The predicted octanol–water partition coefficient (Wildman–Crippen LogP) is 9.39. The average Bonchev–Trinajstić information content (AvgIpc) is 3.23.